The van der Waals surface area contributed by atoms with Crippen molar-refractivity contribution in [1.82, 2.24) is 8.61 Å². The van der Waals surface area contributed by atoms with E-state index < -0.39 is 10.2 Å². The van der Waals surface area contributed by atoms with Crippen molar-refractivity contribution in [3.8, 4) is 0 Å². The summed E-state index contributed by atoms with van der Waals surface area (Å²) >= 11 is 0. The normalized spacial score (nSPS) is 24.9. The van der Waals surface area contributed by atoms with E-state index in [1.165, 1.54) is 22.8 Å². The Kier molecular flexibility index (Phi) is 6.38. The fourth-order valence-corrected chi connectivity index (χ4v) is 3.73. The number of ether oxygens (including phenoxy) is 2. The second kappa shape index (κ2) is 7.35. The average molecular weight is 308 g/mol. The topological polar surface area (TPSA) is 76.2 Å². The van der Waals surface area contributed by atoms with Gasteiger partial charge in [0.1, 0.15) is 0 Å². The number of methoxy groups -OCH3 is 1. The van der Waals surface area contributed by atoms with Gasteiger partial charge in [0.25, 0.3) is 10.2 Å². The Bertz CT molecular complexity index is 416. The first kappa shape index (κ1) is 17.4. The first-order chi connectivity index (χ1) is 9.27. The highest BCUT2D eigenvalue weighted by atomic mass is 32.2. The summed E-state index contributed by atoms with van der Waals surface area (Å²) in [7, 11) is -0.654. The van der Waals surface area contributed by atoms with E-state index in [9.17, 15) is 13.2 Å². The smallest absolute Gasteiger partial charge is 0.305 e. The van der Waals surface area contributed by atoms with Crippen LogP contribution in [0.4, 0.5) is 0 Å². The van der Waals surface area contributed by atoms with Gasteiger partial charge in [-0.15, -0.1) is 0 Å². The van der Waals surface area contributed by atoms with Gasteiger partial charge in [-0.1, -0.05) is 0 Å². The lowest BCUT2D eigenvalue weighted by Gasteiger charge is -2.36. The Morgan fingerprint density at radius 3 is 2.40 bits per heavy atom. The second-order valence-corrected chi connectivity index (χ2v) is 7.12. The van der Waals surface area contributed by atoms with Crippen molar-refractivity contribution >= 4 is 16.2 Å². The Morgan fingerprint density at radius 1 is 1.35 bits per heavy atom. The minimum Gasteiger partial charge on any atom is -0.469 e. The van der Waals surface area contributed by atoms with Gasteiger partial charge in [0.15, 0.2) is 0 Å². The van der Waals surface area contributed by atoms with Crippen molar-refractivity contribution in [2.75, 3.05) is 33.8 Å². The molecule has 0 aliphatic carbocycles. The third kappa shape index (κ3) is 4.69. The summed E-state index contributed by atoms with van der Waals surface area (Å²) in [6.07, 6.45) is 0.429. The van der Waals surface area contributed by atoms with Gasteiger partial charge < -0.3 is 9.47 Å². The molecule has 1 aliphatic rings. The molecule has 1 heterocycles. The first-order valence-electron chi connectivity index (χ1n) is 6.71. The van der Waals surface area contributed by atoms with Gasteiger partial charge in [-0.2, -0.15) is 17.0 Å². The summed E-state index contributed by atoms with van der Waals surface area (Å²) in [5.41, 5.74) is 0. The number of carbonyl (C=O) groups is 1. The fraction of sp³-hybridized carbons (Fsp3) is 0.917. The van der Waals surface area contributed by atoms with E-state index >= 15 is 0 Å². The van der Waals surface area contributed by atoms with Crippen LogP contribution in [0.2, 0.25) is 0 Å². The van der Waals surface area contributed by atoms with Crippen LogP contribution < -0.4 is 0 Å². The minimum absolute atomic E-state index is 0.114. The van der Waals surface area contributed by atoms with Crippen LogP contribution in [-0.2, 0) is 24.5 Å². The maximum Gasteiger partial charge on any atom is 0.305 e. The number of hydrogen-bond donors (Lipinski definition) is 0. The van der Waals surface area contributed by atoms with E-state index in [0.29, 0.717) is 19.5 Å². The standard InChI is InChI=1S/C12H24N2O5S/c1-10-8-14(9-11(2)19-10)20(16,17)13(3)7-5-6-12(15)18-4/h10-11H,5-9H2,1-4H3. The maximum absolute atomic E-state index is 12.4. The summed E-state index contributed by atoms with van der Waals surface area (Å²) in [5.74, 6) is -0.329. The Morgan fingerprint density at radius 2 is 1.90 bits per heavy atom. The third-order valence-electron chi connectivity index (χ3n) is 3.19. The molecule has 0 radical (unpaired) electrons. The molecule has 7 nitrogen and oxygen atoms in total. The van der Waals surface area contributed by atoms with Crippen LogP contribution in [-0.4, -0.2) is 69.0 Å². The molecule has 8 heteroatoms. The molecular formula is C12H24N2O5S. The molecule has 0 saturated carbocycles. The largest absolute Gasteiger partial charge is 0.469 e. The predicted octanol–water partition coefficient (Wildman–Crippen LogP) is 0.225. The van der Waals surface area contributed by atoms with Crippen LogP contribution in [0.25, 0.3) is 0 Å². The Hall–Kier alpha value is -0.700. The van der Waals surface area contributed by atoms with Gasteiger partial charge >= 0.3 is 5.97 Å². The molecule has 1 aliphatic heterocycles. The second-order valence-electron chi connectivity index (χ2n) is 5.08. The summed E-state index contributed by atoms with van der Waals surface area (Å²) in [5, 5.41) is 0. The third-order valence-corrected chi connectivity index (χ3v) is 5.11. The summed E-state index contributed by atoms with van der Waals surface area (Å²) in [6.45, 7) is 4.71. The van der Waals surface area contributed by atoms with Crippen molar-refractivity contribution in [2.24, 2.45) is 0 Å². The van der Waals surface area contributed by atoms with E-state index in [-0.39, 0.29) is 31.1 Å². The van der Waals surface area contributed by atoms with E-state index in [1.807, 2.05) is 13.8 Å². The molecule has 0 bridgehead atoms. The monoisotopic (exact) mass is 308 g/mol. The number of carbonyl (C=O) groups excluding carboxylic acids is 1. The molecule has 118 valence electrons. The van der Waals surface area contributed by atoms with Gasteiger partial charge in [0.05, 0.1) is 19.3 Å². The lowest BCUT2D eigenvalue weighted by molar-refractivity contribution is -0.140. The molecule has 0 aromatic heterocycles. The molecule has 0 spiro atoms. The zero-order chi connectivity index (χ0) is 15.3. The van der Waals surface area contributed by atoms with E-state index in [0.717, 1.165) is 0 Å². The number of morpholine rings is 1. The molecule has 2 unspecified atom stereocenters. The molecular weight excluding hydrogens is 284 g/mol. The molecule has 1 fully saturated rings. The fourth-order valence-electron chi connectivity index (χ4n) is 2.18. The van der Waals surface area contributed by atoms with E-state index in [1.54, 1.807) is 0 Å². The highest BCUT2D eigenvalue weighted by Gasteiger charge is 2.33. The van der Waals surface area contributed by atoms with Crippen LogP contribution in [0, 0.1) is 0 Å². The molecule has 20 heavy (non-hydrogen) atoms. The van der Waals surface area contributed by atoms with Crippen LogP contribution in [0.5, 0.6) is 0 Å². The van der Waals surface area contributed by atoms with Crippen LogP contribution in [0.1, 0.15) is 26.7 Å². The molecule has 0 amide bonds. The number of nitrogens with zero attached hydrogens (tertiary/aromatic N) is 2. The SMILES string of the molecule is COC(=O)CCCN(C)S(=O)(=O)N1CC(C)OC(C)C1. The zero-order valence-corrected chi connectivity index (χ0v) is 13.4. The van der Waals surface area contributed by atoms with Gasteiger partial charge in [-0.25, -0.2) is 0 Å². The van der Waals surface area contributed by atoms with E-state index in [2.05, 4.69) is 4.74 Å². The van der Waals surface area contributed by atoms with Crippen molar-refractivity contribution in [1.29, 1.82) is 0 Å². The maximum atomic E-state index is 12.4. The van der Waals surface area contributed by atoms with Crippen molar-refractivity contribution in [2.45, 2.75) is 38.9 Å². The van der Waals surface area contributed by atoms with Crippen LogP contribution in [0.3, 0.4) is 0 Å². The van der Waals surface area contributed by atoms with Crippen LogP contribution in [0.15, 0.2) is 0 Å². The summed E-state index contributed by atoms with van der Waals surface area (Å²) < 4.78 is 37.6. The Labute approximate surface area is 121 Å². The van der Waals surface area contributed by atoms with E-state index in [4.69, 9.17) is 4.74 Å². The molecule has 1 saturated heterocycles. The lowest BCUT2D eigenvalue weighted by Crippen LogP contribution is -2.52. The number of esters is 1. The predicted molar refractivity (Wildman–Crippen MR) is 74.4 cm³/mol. The lowest BCUT2D eigenvalue weighted by atomic mass is 10.3. The van der Waals surface area contributed by atoms with Crippen LogP contribution >= 0.6 is 0 Å². The zero-order valence-electron chi connectivity index (χ0n) is 12.5. The molecule has 1 rings (SSSR count). The summed E-state index contributed by atoms with van der Waals surface area (Å²) in [4.78, 5) is 11.0. The van der Waals surface area contributed by atoms with Crippen molar-refractivity contribution in [3.05, 3.63) is 0 Å². The Balaban J connectivity index is 2.56. The van der Waals surface area contributed by atoms with Crippen molar-refractivity contribution < 1.29 is 22.7 Å². The minimum atomic E-state index is -3.50. The quantitative estimate of drug-likeness (QED) is 0.656. The van der Waals surface area contributed by atoms with Gasteiger partial charge in [0.2, 0.25) is 0 Å². The average Bonchev–Trinajstić information content (AvgIpc) is 2.37. The van der Waals surface area contributed by atoms with Crippen molar-refractivity contribution in [3.63, 3.8) is 0 Å². The molecule has 0 aromatic rings. The first-order valence-corrected chi connectivity index (χ1v) is 8.10. The molecule has 0 N–H and O–H groups in total. The van der Waals surface area contributed by atoms with Gasteiger partial charge in [-0.05, 0) is 20.3 Å². The molecule has 0 aromatic carbocycles. The highest BCUT2D eigenvalue weighted by Crippen LogP contribution is 2.16. The van der Waals surface area contributed by atoms with Gasteiger partial charge in [0, 0.05) is 33.1 Å². The number of rotatable bonds is 6. The number of hydrogen-bond acceptors (Lipinski definition) is 5. The van der Waals surface area contributed by atoms with Gasteiger partial charge in [-0.3, -0.25) is 4.79 Å². The molecule has 2 atom stereocenters. The highest BCUT2D eigenvalue weighted by molar-refractivity contribution is 7.86. The summed E-state index contributed by atoms with van der Waals surface area (Å²) in [6, 6.07) is 0.